The number of aldehydes is 1. The number of primary amides is 1. The van der Waals surface area contributed by atoms with Crippen LogP contribution in [0.5, 0.6) is 0 Å². The van der Waals surface area contributed by atoms with Crippen LogP contribution in [0.2, 0.25) is 0 Å². The summed E-state index contributed by atoms with van der Waals surface area (Å²) in [4.78, 5) is 84.6. The van der Waals surface area contributed by atoms with Crippen LogP contribution in [0.1, 0.15) is 30.1 Å². The molecule has 17 nitrogen and oxygen atoms in total. The van der Waals surface area contributed by atoms with E-state index in [1.807, 2.05) is 0 Å². The third-order valence-corrected chi connectivity index (χ3v) is 5.85. The van der Waals surface area contributed by atoms with E-state index in [-0.39, 0.29) is 11.8 Å². The molecule has 1 aromatic rings. The number of imide groups is 1. The highest BCUT2D eigenvalue weighted by Crippen LogP contribution is 2.11. The van der Waals surface area contributed by atoms with Crippen LogP contribution in [-0.4, -0.2) is 124 Å². The number of amides is 6. The fourth-order valence-electron chi connectivity index (χ4n) is 3.44. The van der Waals surface area contributed by atoms with Gasteiger partial charge in [0.1, 0.15) is 49.3 Å². The van der Waals surface area contributed by atoms with Crippen molar-refractivity contribution in [1.29, 1.82) is 0 Å². The number of carbonyl (C=O) groups excluding carboxylic acids is 6. The maximum atomic E-state index is 12.6. The number of nitrogens with one attached hydrogen (secondary N) is 3. The van der Waals surface area contributed by atoms with Gasteiger partial charge >= 0.3 is 12.0 Å². The van der Waals surface area contributed by atoms with Gasteiger partial charge in [-0.1, -0.05) is 18.2 Å². The number of rotatable bonds is 17. The van der Waals surface area contributed by atoms with E-state index in [2.05, 4.69) is 16.0 Å². The van der Waals surface area contributed by atoms with E-state index in [9.17, 15) is 48.9 Å². The molecule has 9 N–H and O–H groups in total. The van der Waals surface area contributed by atoms with E-state index >= 15 is 0 Å². The molecule has 0 bridgehead atoms. The van der Waals surface area contributed by atoms with Crippen LogP contribution < -0.4 is 21.7 Å². The molecular formula is C25H35N5O12. The van der Waals surface area contributed by atoms with Crippen LogP contribution in [0.3, 0.4) is 0 Å². The van der Waals surface area contributed by atoms with Crippen molar-refractivity contribution < 1.29 is 58.7 Å². The van der Waals surface area contributed by atoms with Crippen LogP contribution >= 0.6 is 0 Å². The highest BCUT2D eigenvalue weighted by molar-refractivity contribution is 5.99. The van der Waals surface area contributed by atoms with E-state index < -0.39 is 98.1 Å². The summed E-state index contributed by atoms with van der Waals surface area (Å²) in [6, 6.07) is 2.10. The second-order valence-corrected chi connectivity index (χ2v) is 9.04. The molecule has 6 atom stereocenters. The van der Waals surface area contributed by atoms with Crippen molar-refractivity contribution in [2.45, 2.75) is 56.2 Å². The lowest BCUT2D eigenvalue weighted by Crippen LogP contribution is -2.56. The molecule has 0 aliphatic rings. The van der Waals surface area contributed by atoms with Gasteiger partial charge in [-0.25, -0.2) is 4.79 Å². The first-order valence-corrected chi connectivity index (χ1v) is 12.5. The third kappa shape index (κ3) is 11.2. The number of benzene rings is 1. The summed E-state index contributed by atoms with van der Waals surface area (Å²) in [5, 5.41) is 45.2. The summed E-state index contributed by atoms with van der Waals surface area (Å²) < 4.78 is 5.31. The molecule has 0 fully saturated rings. The zero-order valence-corrected chi connectivity index (χ0v) is 22.8. The summed E-state index contributed by atoms with van der Waals surface area (Å²) >= 11 is 0. The molecule has 2 unspecified atom stereocenters. The van der Waals surface area contributed by atoms with Gasteiger partial charge in [-0.2, -0.15) is 0 Å². The Morgan fingerprint density at radius 2 is 1.67 bits per heavy atom. The lowest BCUT2D eigenvalue weighted by Gasteiger charge is -2.30. The van der Waals surface area contributed by atoms with Gasteiger partial charge in [0.15, 0.2) is 0 Å². The van der Waals surface area contributed by atoms with Crippen molar-refractivity contribution >= 4 is 41.9 Å². The molecular weight excluding hydrogens is 562 g/mol. The molecule has 0 aliphatic carbocycles. The molecule has 17 heteroatoms. The Morgan fingerprint density at radius 1 is 1.05 bits per heavy atom. The maximum Gasteiger partial charge on any atom is 0.321 e. The van der Waals surface area contributed by atoms with Gasteiger partial charge in [0.2, 0.25) is 11.8 Å². The number of likely N-dealkylation sites (N-methyl/N-ethyl adjacent to an activating group) is 1. The predicted octanol–water partition coefficient (Wildman–Crippen LogP) is -3.53. The number of nitrogens with zero attached hydrogens (tertiary/aromatic N) is 1. The van der Waals surface area contributed by atoms with Crippen molar-refractivity contribution in [3.63, 3.8) is 0 Å². The molecule has 0 aliphatic heterocycles. The first-order valence-electron chi connectivity index (χ1n) is 12.5. The van der Waals surface area contributed by atoms with Crippen LogP contribution in [0.4, 0.5) is 4.79 Å². The molecule has 42 heavy (non-hydrogen) atoms. The number of urea groups is 1. The minimum absolute atomic E-state index is 0.153. The molecule has 0 saturated heterocycles. The molecule has 232 valence electrons. The predicted molar refractivity (Wildman–Crippen MR) is 141 cm³/mol. The monoisotopic (exact) mass is 597 g/mol. The fourth-order valence-corrected chi connectivity index (χ4v) is 3.44. The number of nitrogens with two attached hydrogens (primary N) is 1. The minimum atomic E-state index is -1.95. The van der Waals surface area contributed by atoms with E-state index in [0.29, 0.717) is 4.90 Å². The van der Waals surface area contributed by atoms with E-state index in [0.717, 1.165) is 7.05 Å². The average molecular weight is 598 g/mol. The summed E-state index contributed by atoms with van der Waals surface area (Å²) in [5.41, 5.74) is 5.21. The average Bonchev–Trinajstić information content (AvgIpc) is 2.97. The quantitative estimate of drug-likeness (QED) is 0.0812. The minimum Gasteiger partial charge on any atom is -0.481 e. The molecule has 0 aromatic heterocycles. The third-order valence-electron chi connectivity index (χ3n) is 5.85. The lowest BCUT2D eigenvalue weighted by atomic mass is 10.0. The van der Waals surface area contributed by atoms with Gasteiger partial charge in [-0.05, 0) is 25.5 Å². The van der Waals surface area contributed by atoms with Crippen LogP contribution in [0.15, 0.2) is 30.3 Å². The number of aliphatic hydroxyl groups excluding tert-OH is 3. The van der Waals surface area contributed by atoms with Crippen molar-refractivity contribution in [2.75, 3.05) is 20.3 Å². The molecule has 0 spiro atoms. The van der Waals surface area contributed by atoms with E-state index in [1.165, 1.54) is 19.1 Å². The number of hydrogen-bond donors (Lipinski definition) is 8. The van der Waals surface area contributed by atoms with Crippen molar-refractivity contribution in [2.24, 2.45) is 5.73 Å². The molecule has 1 rings (SSSR count). The molecule has 0 saturated carbocycles. The Balaban J connectivity index is 2.93. The van der Waals surface area contributed by atoms with Gasteiger partial charge in [-0.3, -0.25) is 28.9 Å². The van der Waals surface area contributed by atoms with Crippen LogP contribution in [0, 0.1) is 0 Å². The summed E-state index contributed by atoms with van der Waals surface area (Å²) in [6.07, 6.45) is -6.23. The Hall–Kier alpha value is -4.45. The Morgan fingerprint density at radius 3 is 2.19 bits per heavy atom. The number of ether oxygens (including phenoxy) is 1. The molecule has 0 radical (unpaired) electrons. The van der Waals surface area contributed by atoms with E-state index in [1.54, 1.807) is 18.2 Å². The highest BCUT2D eigenvalue weighted by atomic mass is 16.5. The van der Waals surface area contributed by atoms with Gasteiger partial charge in [0, 0.05) is 19.0 Å². The standard InChI is InChI=1S/C25H35N5O12/c1-13(22(38)28-15(8-9-19(35)36)24(40)30(2)25(26)41)27-18(34)12-42-21(20(37)17(33)11-32)16(10-31)29-23(39)14-6-4-3-5-7-14/h3-7,10,13,15-17,20-21,32-33,37H,8-9,11-12H2,1-2H3,(H2,26,41)(H,27,34)(H,28,38)(H,29,39)(H,35,36)/t13?,15?,16-,17+,20+,21+/m0/s1. The molecule has 6 amide bonds. The Kier molecular flexibility index (Phi) is 14.7. The second-order valence-electron chi connectivity index (χ2n) is 9.04. The Labute approximate surface area is 240 Å². The van der Waals surface area contributed by atoms with Crippen molar-refractivity contribution in [1.82, 2.24) is 20.9 Å². The first kappa shape index (κ1) is 35.6. The van der Waals surface area contributed by atoms with Gasteiger partial charge < -0.3 is 51.6 Å². The zero-order valence-electron chi connectivity index (χ0n) is 22.8. The van der Waals surface area contributed by atoms with Gasteiger partial charge in [0.05, 0.1) is 6.61 Å². The normalized spacial score (nSPS) is 15.1. The van der Waals surface area contributed by atoms with Crippen LogP contribution in [0.25, 0.3) is 0 Å². The Bertz CT molecular complexity index is 1120. The number of aliphatic carboxylic acids is 1. The first-order chi connectivity index (χ1) is 19.7. The SMILES string of the molecule is CC(NC(=O)CO[C@@H]([C@H](O)[C@H](O)CO)[C@H](C=O)NC(=O)c1ccccc1)C(=O)NC(CCC(=O)O)C(=O)N(C)C(N)=O. The van der Waals surface area contributed by atoms with Crippen molar-refractivity contribution in [3.8, 4) is 0 Å². The summed E-state index contributed by atoms with van der Waals surface area (Å²) in [5.74, 6) is -4.93. The lowest BCUT2D eigenvalue weighted by molar-refractivity contribution is -0.144. The second kappa shape index (κ2) is 17.4. The number of carboxylic acids is 1. The molecule has 1 aromatic carbocycles. The fraction of sp³-hybridized carbons (Fsp3) is 0.480. The zero-order chi connectivity index (χ0) is 32.0. The number of aliphatic hydroxyl groups is 3. The highest BCUT2D eigenvalue weighted by Gasteiger charge is 2.36. The van der Waals surface area contributed by atoms with E-state index in [4.69, 9.17) is 15.6 Å². The maximum absolute atomic E-state index is 12.6. The largest absolute Gasteiger partial charge is 0.481 e. The number of carbonyl (C=O) groups is 7. The smallest absolute Gasteiger partial charge is 0.321 e. The summed E-state index contributed by atoms with van der Waals surface area (Å²) in [6.45, 7) is -0.649. The van der Waals surface area contributed by atoms with Gasteiger partial charge in [-0.15, -0.1) is 0 Å². The topological polar surface area (TPSA) is 275 Å². The van der Waals surface area contributed by atoms with Crippen molar-refractivity contribution in [3.05, 3.63) is 35.9 Å². The number of carboxylic acid groups (broad SMARTS) is 1. The van der Waals surface area contributed by atoms with Crippen LogP contribution in [-0.2, 0) is 28.7 Å². The molecule has 0 heterocycles. The van der Waals surface area contributed by atoms with Gasteiger partial charge in [0.25, 0.3) is 11.8 Å². The number of hydrogen-bond acceptors (Lipinski definition) is 11. The summed E-state index contributed by atoms with van der Waals surface area (Å²) in [7, 11) is 1.03.